The molecule has 0 bridgehead atoms. The van der Waals surface area contributed by atoms with Crippen molar-refractivity contribution in [3.63, 3.8) is 0 Å². The van der Waals surface area contributed by atoms with E-state index in [0.29, 0.717) is 10.0 Å². The zero-order valence-corrected chi connectivity index (χ0v) is 8.42. The fraction of sp³-hybridized carbons (Fsp3) is 0.200. The largest absolute Gasteiger partial charge is 0.101 e. The molecule has 1 rings (SSSR count). The van der Waals surface area contributed by atoms with Crippen molar-refractivity contribution < 1.29 is 0 Å². The fourth-order valence-electron chi connectivity index (χ4n) is 0.862. The van der Waals surface area contributed by atoms with Gasteiger partial charge >= 0.3 is 0 Å². The van der Waals surface area contributed by atoms with Crippen molar-refractivity contribution in [2.24, 2.45) is 0 Å². The van der Waals surface area contributed by atoms with Gasteiger partial charge < -0.3 is 0 Å². The van der Waals surface area contributed by atoms with Crippen LogP contribution in [0.3, 0.4) is 0 Å². The zero-order chi connectivity index (χ0) is 9.14. The lowest BCUT2D eigenvalue weighted by molar-refractivity contribution is 1.46. The minimum Gasteiger partial charge on any atom is -0.101 e. The van der Waals surface area contributed by atoms with Crippen LogP contribution in [-0.4, -0.2) is 0 Å². The molecule has 62 valence electrons. The molecule has 0 nitrogen and oxygen atoms in total. The summed E-state index contributed by atoms with van der Waals surface area (Å²) in [6.07, 6.45) is 0. The van der Waals surface area contributed by atoms with Gasteiger partial charge in [0.1, 0.15) is 0 Å². The molecule has 1 aromatic rings. The maximum absolute atomic E-state index is 5.90. The standard InChI is InChI=1S/C10H8Cl2/c1-3-4-8-5-9(11)7(2)10(12)6-8/h5-6H,1-2H3. The molecule has 0 radical (unpaired) electrons. The second-order valence-corrected chi connectivity index (χ2v) is 3.25. The normalized spacial score (nSPS) is 9.00. The van der Waals surface area contributed by atoms with Gasteiger partial charge in [0.05, 0.1) is 0 Å². The van der Waals surface area contributed by atoms with Crippen LogP contribution in [0.5, 0.6) is 0 Å². The van der Waals surface area contributed by atoms with E-state index >= 15 is 0 Å². The van der Waals surface area contributed by atoms with Crippen LogP contribution in [0.25, 0.3) is 0 Å². The second kappa shape index (κ2) is 3.85. The highest BCUT2D eigenvalue weighted by Gasteiger charge is 2.01. The van der Waals surface area contributed by atoms with Crippen LogP contribution in [0.2, 0.25) is 10.0 Å². The monoisotopic (exact) mass is 198 g/mol. The lowest BCUT2D eigenvalue weighted by Crippen LogP contribution is -1.81. The van der Waals surface area contributed by atoms with Crippen molar-refractivity contribution >= 4 is 23.2 Å². The van der Waals surface area contributed by atoms with Crippen molar-refractivity contribution in [2.45, 2.75) is 13.8 Å². The first-order chi connectivity index (χ1) is 5.65. The smallest absolute Gasteiger partial charge is 0.0462 e. The van der Waals surface area contributed by atoms with Gasteiger partial charge in [0.2, 0.25) is 0 Å². The lowest BCUT2D eigenvalue weighted by Gasteiger charge is -2.00. The molecule has 0 atom stereocenters. The first-order valence-electron chi connectivity index (χ1n) is 3.53. The van der Waals surface area contributed by atoms with Crippen LogP contribution in [-0.2, 0) is 0 Å². The zero-order valence-electron chi connectivity index (χ0n) is 6.91. The number of hydrogen-bond acceptors (Lipinski definition) is 0. The molecule has 0 amide bonds. The van der Waals surface area contributed by atoms with Crippen molar-refractivity contribution in [3.8, 4) is 11.8 Å². The van der Waals surface area contributed by atoms with E-state index in [2.05, 4.69) is 11.8 Å². The van der Waals surface area contributed by atoms with Crippen LogP contribution in [0.15, 0.2) is 12.1 Å². The predicted molar refractivity (Wildman–Crippen MR) is 53.8 cm³/mol. The Bertz CT molecular complexity index is 333. The first-order valence-corrected chi connectivity index (χ1v) is 4.29. The van der Waals surface area contributed by atoms with E-state index in [4.69, 9.17) is 23.2 Å². The molecule has 0 N–H and O–H groups in total. The number of hydrogen-bond donors (Lipinski definition) is 0. The molecule has 0 unspecified atom stereocenters. The van der Waals surface area contributed by atoms with E-state index in [1.54, 1.807) is 6.92 Å². The SMILES string of the molecule is CC#Cc1cc(Cl)c(C)c(Cl)c1. The summed E-state index contributed by atoms with van der Waals surface area (Å²) in [7, 11) is 0. The van der Waals surface area contributed by atoms with Crippen LogP contribution < -0.4 is 0 Å². The Kier molecular flexibility index (Phi) is 3.03. The summed E-state index contributed by atoms with van der Waals surface area (Å²) in [5, 5.41) is 1.33. The molecule has 0 aliphatic rings. The van der Waals surface area contributed by atoms with Gasteiger partial charge in [-0.15, -0.1) is 5.92 Å². The Hall–Kier alpha value is -0.640. The molecule has 0 spiro atoms. The molecule has 0 heterocycles. The minimum absolute atomic E-state index is 0.667. The third-order valence-corrected chi connectivity index (χ3v) is 2.34. The van der Waals surface area contributed by atoms with Crippen LogP contribution in [0, 0.1) is 18.8 Å². The highest BCUT2D eigenvalue weighted by molar-refractivity contribution is 6.36. The van der Waals surface area contributed by atoms with Gasteiger partial charge in [0.15, 0.2) is 0 Å². The van der Waals surface area contributed by atoms with E-state index in [1.165, 1.54) is 0 Å². The average molecular weight is 199 g/mol. The van der Waals surface area contributed by atoms with Gasteiger partial charge in [-0.05, 0) is 31.5 Å². The Morgan fingerprint density at radius 1 is 1.17 bits per heavy atom. The van der Waals surface area contributed by atoms with E-state index in [-0.39, 0.29) is 0 Å². The molecule has 2 heteroatoms. The van der Waals surface area contributed by atoms with Gasteiger partial charge in [0, 0.05) is 15.6 Å². The molecule has 12 heavy (non-hydrogen) atoms. The van der Waals surface area contributed by atoms with Gasteiger partial charge in [-0.1, -0.05) is 29.1 Å². The van der Waals surface area contributed by atoms with E-state index in [9.17, 15) is 0 Å². The van der Waals surface area contributed by atoms with Crippen molar-refractivity contribution in [1.29, 1.82) is 0 Å². The average Bonchev–Trinajstić information content (AvgIpc) is 2.01. The first kappa shape index (κ1) is 9.45. The van der Waals surface area contributed by atoms with Gasteiger partial charge in [0.25, 0.3) is 0 Å². The molecule has 1 aromatic carbocycles. The third kappa shape index (κ3) is 1.94. The number of halogens is 2. The van der Waals surface area contributed by atoms with Crippen molar-refractivity contribution in [2.75, 3.05) is 0 Å². The van der Waals surface area contributed by atoms with Crippen molar-refractivity contribution in [1.82, 2.24) is 0 Å². The maximum atomic E-state index is 5.90. The topological polar surface area (TPSA) is 0 Å². The highest BCUT2D eigenvalue weighted by atomic mass is 35.5. The summed E-state index contributed by atoms with van der Waals surface area (Å²) in [6.45, 7) is 3.66. The Balaban J connectivity index is 3.27. The Labute approximate surface area is 82.5 Å². The minimum atomic E-state index is 0.667. The fourth-order valence-corrected chi connectivity index (χ4v) is 1.35. The second-order valence-electron chi connectivity index (χ2n) is 2.44. The molecule has 0 saturated heterocycles. The van der Waals surface area contributed by atoms with Gasteiger partial charge in [-0.25, -0.2) is 0 Å². The maximum Gasteiger partial charge on any atom is 0.0462 e. The molecular formula is C10H8Cl2. The summed E-state index contributed by atoms with van der Waals surface area (Å²) in [6, 6.07) is 3.64. The van der Waals surface area contributed by atoms with Gasteiger partial charge in [-0.3, -0.25) is 0 Å². The summed E-state index contributed by atoms with van der Waals surface area (Å²) >= 11 is 11.8. The lowest BCUT2D eigenvalue weighted by atomic mass is 10.1. The molecule has 0 fully saturated rings. The summed E-state index contributed by atoms with van der Waals surface area (Å²) in [5.74, 6) is 5.69. The molecule has 0 aliphatic carbocycles. The number of rotatable bonds is 0. The number of benzene rings is 1. The highest BCUT2D eigenvalue weighted by Crippen LogP contribution is 2.24. The van der Waals surface area contributed by atoms with Crippen LogP contribution in [0.4, 0.5) is 0 Å². The quantitative estimate of drug-likeness (QED) is 0.559. The van der Waals surface area contributed by atoms with Gasteiger partial charge in [-0.2, -0.15) is 0 Å². The van der Waals surface area contributed by atoms with E-state index < -0.39 is 0 Å². The van der Waals surface area contributed by atoms with Crippen LogP contribution in [0.1, 0.15) is 18.1 Å². The third-order valence-electron chi connectivity index (χ3n) is 1.55. The molecule has 0 saturated carbocycles. The summed E-state index contributed by atoms with van der Waals surface area (Å²) in [5.41, 5.74) is 1.76. The molecular weight excluding hydrogens is 191 g/mol. The predicted octanol–water partition coefficient (Wildman–Crippen LogP) is 3.67. The van der Waals surface area contributed by atoms with E-state index in [0.717, 1.165) is 11.1 Å². The van der Waals surface area contributed by atoms with E-state index in [1.807, 2.05) is 19.1 Å². The van der Waals surface area contributed by atoms with Crippen LogP contribution >= 0.6 is 23.2 Å². The van der Waals surface area contributed by atoms with Crippen molar-refractivity contribution in [3.05, 3.63) is 33.3 Å². The molecule has 0 aromatic heterocycles. The Morgan fingerprint density at radius 2 is 1.67 bits per heavy atom. The summed E-state index contributed by atoms with van der Waals surface area (Å²) < 4.78 is 0. The molecule has 0 aliphatic heterocycles. The summed E-state index contributed by atoms with van der Waals surface area (Å²) in [4.78, 5) is 0. The Morgan fingerprint density at radius 3 is 2.08 bits per heavy atom.